The number of aliphatic hydroxyl groups excluding tert-OH is 1. The molecule has 0 aliphatic heterocycles. The van der Waals surface area contributed by atoms with Gasteiger partial charge in [-0.2, -0.15) is 0 Å². The van der Waals surface area contributed by atoms with Crippen molar-refractivity contribution >= 4 is 11.8 Å². The molecule has 0 heterocycles. The molecule has 4 saturated carbocycles. The Balaban J connectivity index is 1.54. The summed E-state index contributed by atoms with van der Waals surface area (Å²) in [5, 5.41) is 20.6. The summed E-state index contributed by atoms with van der Waals surface area (Å²) >= 11 is 0. The smallest absolute Gasteiger partial charge is 0.303 e. The number of allylic oxidation sites excluding steroid dienone is 1. The number of carboxylic acid groups (broad SMARTS) is 1. The minimum absolute atomic E-state index is 0.0463. The van der Waals surface area contributed by atoms with E-state index in [1.165, 1.54) is 18.4 Å². The van der Waals surface area contributed by atoms with Gasteiger partial charge in [-0.1, -0.05) is 45.1 Å². The topological polar surface area (TPSA) is 74.6 Å². The third-order valence-electron chi connectivity index (χ3n) is 11.1. The molecule has 172 valence electrons. The molecule has 0 aromatic heterocycles. The van der Waals surface area contributed by atoms with E-state index in [-0.39, 0.29) is 41.0 Å². The summed E-state index contributed by atoms with van der Waals surface area (Å²) in [4.78, 5) is 24.8. The first-order valence-corrected chi connectivity index (χ1v) is 12.9. The number of rotatable bonds is 4. The predicted octanol–water partition coefficient (Wildman–Crippen LogP) is 5.39. The lowest BCUT2D eigenvalue weighted by molar-refractivity contribution is -0.143. The molecule has 2 N–H and O–H groups in total. The SMILES string of the molecule is C[C@]12CC[C@H]3[C@@H](CCC4=CC(=O)CC(C(CC(=O)O)C5CCCC5)[C@@]43C)[C@@H]1CC[C@@H]2O. The Hall–Kier alpha value is -1.16. The van der Waals surface area contributed by atoms with Crippen molar-refractivity contribution in [1.29, 1.82) is 0 Å². The highest BCUT2D eigenvalue weighted by Gasteiger charge is 2.61. The normalized spacial score (nSPS) is 46.1. The Kier molecular flexibility index (Phi) is 5.39. The summed E-state index contributed by atoms with van der Waals surface area (Å²) in [5.74, 6) is 1.93. The van der Waals surface area contributed by atoms with Crippen molar-refractivity contribution in [3.63, 3.8) is 0 Å². The molecule has 0 amide bonds. The van der Waals surface area contributed by atoms with Crippen LogP contribution in [0.4, 0.5) is 0 Å². The number of carbonyl (C=O) groups is 2. The molecule has 0 aromatic carbocycles. The summed E-state index contributed by atoms with van der Waals surface area (Å²) in [5.41, 5.74) is 1.31. The first-order chi connectivity index (χ1) is 14.7. The van der Waals surface area contributed by atoms with Crippen molar-refractivity contribution in [1.82, 2.24) is 0 Å². The van der Waals surface area contributed by atoms with Crippen LogP contribution in [0.25, 0.3) is 0 Å². The van der Waals surface area contributed by atoms with Gasteiger partial charge in [-0.3, -0.25) is 9.59 Å². The summed E-state index contributed by atoms with van der Waals surface area (Å²) in [7, 11) is 0. The molecular formula is C27H40O4. The van der Waals surface area contributed by atoms with Gasteiger partial charge in [0.25, 0.3) is 0 Å². The fourth-order valence-electron chi connectivity index (χ4n) is 9.48. The number of ketones is 1. The Labute approximate surface area is 186 Å². The van der Waals surface area contributed by atoms with Crippen LogP contribution in [-0.4, -0.2) is 28.1 Å². The number of fused-ring (bicyclic) bond motifs is 5. The lowest BCUT2D eigenvalue weighted by Crippen LogP contribution is -2.55. The molecule has 5 aliphatic rings. The van der Waals surface area contributed by atoms with Crippen molar-refractivity contribution in [2.75, 3.05) is 0 Å². The van der Waals surface area contributed by atoms with Crippen LogP contribution >= 0.6 is 0 Å². The second-order valence-corrected chi connectivity index (χ2v) is 12.1. The molecule has 5 rings (SSSR count). The van der Waals surface area contributed by atoms with Crippen LogP contribution in [-0.2, 0) is 9.59 Å². The predicted molar refractivity (Wildman–Crippen MR) is 119 cm³/mol. The average Bonchev–Trinajstić information content (AvgIpc) is 3.35. The fraction of sp³-hybridized carbons (Fsp3) is 0.852. The van der Waals surface area contributed by atoms with Crippen molar-refractivity contribution in [3.8, 4) is 0 Å². The van der Waals surface area contributed by atoms with Gasteiger partial charge in [-0.05, 0) is 90.9 Å². The maximum absolute atomic E-state index is 12.9. The highest BCUT2D eigenvalue weighted by molar-refractivity contribution is 5.92. The molecule has 31 heavy (non-hydrogen) atoms. The van der Waals surface area contributed by atoms with Crippen molar-refractivity contribution < 1.29 is 19.8 Å². The number of aliphatic carboxylic acids is 1. The highest BCUT2D eigenvalue weighted by atomic mass is 16.4. The first kappa shape index (κ1) is 21.7. The van der Waals surface area contributed by atoms with Crippen LogP contribution in [0.3, 0.4) is 0 Å². The van der Waals surface area contributed by atoms with Crippen LogP contribution in [0.5, 0.6) is 0 Å². The first-order valence-electron chi connectivity index (χ1n) is 12.9. The van der Waals surface area contributed by atoms with E-state index in [2.05, 4.69) is 13.8 Å². The molecule has 0 saturated heterocycles. The maximum Gasteiger partial charge on any atom is 0.303 e. The molecule has 4 nitrogen and oxygen atoms in total. The van der Waals surface area contributed by atoms with Crippen LogP contribution in [0.2, 0.25) is 0 Å². The molecule has 4 fully saturated rings. The average molecular weight is 429 g/mol. The van der Waals surface area contributed by atoms with Gasteiger partial charge in [0.15, 0.2) is 5.78 Å². The van der Waals surface area contributed by atoms with Crippen molar-refractivity contribution in [3.05, 3.63) is 11.6 Å². The van der Waals surface area contributed by atoms with Gasteiger partial charge in [0.05, 0.1) is 6.10 Å². The Morgan fingerprint density at radius 2 is 1.84 bits per heavy atom. The van der Waals surface area contributed by atoms with Crippen LogP contribution < -0.4 is 0 Å². The zero-order valence-corrected chi connectivity index (χ0v) is 19.3. The molecule has 4 heteroatoms. The number of hydrogen-bond acceptors (Lipinski definition) is 3. The Bertz CT molecular complexity index is 780. The van der Waals surface area contributed by atoms with Crippen molar-refractivity contribution in [2.45, 2.75) is 97.0 Å². The van der Waals surface area contributed by atoms with Crippen molar-refractivity contribution in [2.24, 2.45) is 46.3 Å². The van der Waals surface area contributed by atoms with Crippen LogP contribution in [0.15, 0.2) is 11.6 Å². The largest absolute Gasteiger partial charge is 0.481 e. The van der Waals surface area contributed by atoms with E-state index in [1.807, 2.05) is 6.08 Å². The van der Waals surface area contributed by atoms with E-state index >= 15 is 0 Å². The summed E-state index contributed by atoms with van der Waals surface area (Å²) in [6.45, 7) is 4.72. The van der Waals surface area contributed by atoms with E-state index in [9.17, 15) is 19.8 Å². The van der Waals surface area contributed by atoms with Gasteiger partial charge in [0, 0.05) is 12.8 Å². The van der Waals surface area contributed by atoms with Crippen LogP contribution in [0.1, 0.15) is 90.9 Å². The summed E-state index contributed by atoms with van der Waals surface area (Å²) in [6.07, 6.45) is 13.5. The van der Waals surface area contributed by atoms with E-state index in [4.69, 9.17) is 0 Å². The van der Waals surface area contributed by atoms with Gasteiger partial charge in [0.2, 0.25) is 0 Å². The molecule has 0 spiro atoms. The standard InChI is InChI=1S/C27H40O4/c1-26-12-11-22-19(21(26)9-10-24(26)29)8-7-17-13-18(28)14-23(27(17,22)2)20(15-25(30)31)16-5-3-4-6-16/h13,16,19-24,29H,3-12,14-15H2,1-2H3,(H,30,31)/t19-,20?,21-,22-,23?,24-,26-,27-/m0/s1. The Morgan fingerprint density at radius 1 is 1.10 bits per heavy atom. The summed E-state index contributed by atoms with van der Waals surface area (Å²) in [6, 6.07) is 0. The van der Waals surface area contributed by atoms with Gasteiger partial charge in [-0.15, -0.1) is 0 Å². The second-order valence-electron chi connectivity index (χ2n) is 12.1. The molecule has 2 unspecified atom stereocenters. The zero-order valence-electron chi connectivity index (χ0n) is 19.3. The number of carboxylic acids is 1. The third kappa shape index (κ3) is 3.26. The number of carbonyl (C=O) groups excluding carboxylic acids is 1. The summed E-state index contributed by atoms with van der Waals surface area (Å²) < 4.78 is 0. The lowest BCUT2D eigenvalue weighted by Gasteiger charge is -2.61. The molecule has 0 bridgehead atoms. The van der Waals surface area contributed by atoms with E-state index in [0.717, 1.165) is 51.4 Å². The molecular weight excluding hydrogens is 388 g/mol. The van der Waals surface area contributed by atoms with Gasteiger partial charge >= 0.3 is 5.97 Å². The number of hydrogen-bond donors (Lipinski definition) is 2. The fourth-order valence-corrected chi connectivity index (χ4v) is 9.48. The second kappa shape index (κ2) is 7.71. The lowest BCUT2D eigenvalue weighted by atomic mass is 9.43. The van der Waals surface area contributed by atoms with Gasteiger partial charge in [0.1, 0.15) is 0 Å². The monoisotopic (exact) mass is 428 g/mol. The minimum Gasteiger partial charge on any atom is -0.481 e. The van der Waals surface area contributed by atoms with Crippen LogP contribution in [0, 0.1) is 46.3 Å². The quantitative estimate of drug-likeness (QED) is 0.630. The van der Waals surface area contributed by atoms with E-state index < -0.39 is 5.97 Å². The minimum atomic E-state index is -0.702. The third-order valence-corrected chi connectivity index (χ3v) is 11.1. The molecule has 0 radical (unpaired) electrons. The maximum atomic E-state index is 12.9. The highest BCUT2D eigenvalue weighted by Crippen LogP contribution is 2.67. The van der Waals surface area contributed by atoms with Gasteiger partial charge in [-0.25, -0.2) is 0 Å². The van der Waals surface area contributed by atoms with Gasteiger partial charge < -0.3 is 10.2 Å². The molecule has 0 aromatic rings. The zero-order chi connectivity index (χ0) is 22.0. The van der Waals surface area contributed by atoms with E-state index in [1.54, 1.807) is 0 Å². The molecule has 5 aliphatic carbocycles. The Morgan fingerprint density at radius 3 is 2.55 bits per heavy atom. The molecule has 8 atom stereocenters. The van der Waals surface area contributed by atoms with E-state index in [0.29, 0.717) is 30.1 Å². The number of aliphatic hydroxyl groups is 1.